The standard InChI is InChI=1S/C15H20O3/c1-3-5-6-7-10-18-14-9-8-13(12-16)11-15(14)17-4-2/h6-9,11-12H,3-5,10H2,1-2H3/b7-6+. The zero-order valence-electron chi connectivity index (χ0n) is 11.0. The second kappa shape index (κ2) is 8.34. The Kier molecular flexibility index (Phi) is 6.62. The smallest absolute Gasteiger partial charge is 0.161 e. The molecule has 0 aromatic heterocycles. The molecular formula is C15H20O3. The summed E-state index contributed by atoms with van der Waals surface area (Å²) >= 11 is 0. The van der Waals surface area contributed by atoms with Gasteiger partial charge in [0, 0.05) is 5.56 Å². The molecule has 0 atom stereocenters. The summed E-state index contributed by atoms with van der Waals surface area (Å²) < 4.78 is 11.1. The number of hydrogen-bond acceptors (Lipinski definition) is 3. The van der Waals surface area contributed by atoms with E-state index >= 15 is 0 Å². The van der Waals surface area contributed by atoms with Gasteiger partial charge >= 0.3 is 0 Å². The van der Waals surface area contributed by atoms with Gasteiger partial charge in [-0.05, 0) is 31.5 Å². The SMILES string of the molecule is CCC/C=C/COc1ccc(C=O)cc1OCC. The van der Waals surface area contributed by atoms with Gasteiger partial charge in [0.15, 0.2) is 11.5 Å². The molecule has 0 fully saturated rings. The normalized spacial score (nSPS) is 10.6. The highest BCUT2D eigenvalue weighted by atomic mass is 16.5. The van der Waals surface area contributed by atoms with Gasteiger partial charge in [0.2, 0.25) is 0 Å². The third kappa shape index (κ3) is 4.62. The number of hydrogen-bond donors (Lipinski definition) is 0. The molecular weight excluding hydrogens is 228 g/mol. The molecule has 0 radical (unpaired) electrons. The number of benzene rings is 1. The fourth-order valence-corrected chi connectivity index (χ4v) is 1.48. The highest BCUT2D eigenvalue weighted by molar-refractivity contribution is 5.76. The van der Waals surface area contributed by atoms with Gasteiger partial charge in [0.1, 0.15) is 12.9 Å². The lowest BCUT2D eigenvalue weighted by atomic mass is 10.2. The molecule has 1 aromatic carbocycles. The topological polar surface area (TPSA) is 35.5 Å². The van der Waals surface area contributed by atoms with E-state index in [4.69, 9.17) is 9.47 Å². The highest BCUT2D eigenvalue weighted by Gasteiger charge is 2.05. The predicted molar refractivity (Wildman–Crippen MR) is 72.5 cm³/mol. The third-order valence-corrected chi connectivity index (χ3v) is 2.36. The van der Waals surface area contributed by atoms with Gasteiger partial charge in [-0.2, -0.15) is 0 Å². The first-order valence-corrected chi connectivity index (χ1v) is 6.31. The lowest BCUT2D eigenvalue weighted by Gasteiger charge is -2.10. The lowest BCUT2D eigenvalue weighted by molar-refractivity contribution is 0.112. The molecule has 0 saturated heterocycles. The first-order valence-electron chi connectivity index (χ1n) is 6.31. The zero-order chi connectivity index (χ0) is 13.2. The van der Waals surface area contributed by atoms with Crippen LogP contribution in [-0.2, 0) is 0 Å². The first kappa shape index (κ1) is 14.3. The van der Waals surface area contributed by atoms with Crippen molar-refractivity contribution in [3.05, 3.63) is 35.9 Å². The summed E-state index contributed by atoms with van der Waals surface area (Å²) in [5, 5.41) is 0. The van der Waals surface area contributed by atoms with Crippen molar-refractivity contribution in [1.29, 1.82) is 0 Å². The molecule has 18 heavy (non-hydrogen) atoms. The molecule has 1 rings (SSSR count). The van der Waals surface area contributed by atoms with Crippen LogP contribution in [0.4, 0.5) is 0 Å². The Balaban J connectivity index is 2.65. The summed E-state index contributed by atoms with van der Waals surface area (Å²) in [6.45, 7) is 5.10. The van der Waals surface area contributed by atoms with Gasteiger partial charge < -0.3 is 9.47 Å². The number of aldehydes is 1. The van der Waals surface area contributed by atoms with Gasteiger partial charge in [-0.25, -0.2) is 0 Å². The Morgan fingerprint density at radius 1 is 1.11 bits per heavy atom. The number of unbranched alkanes of at least 4 members (excludes halogenated alkanes) is 1. The molecule has 0 unspecified atom stereocenters. The van der Waals surface area contributed by atoms with E-state index in [2.05, 4.69) is 13.0 Å². The number of carbonyl (C=O) groups excluding carboxylic acids is 1. The summed E-state index contributed by atoms with van der Waals surface area (Å²) in [5.74, 6) is 1.29. The summed E-state index contributed by atoms with van der Waals surface area (Å²) in [5.41, 5.74) is 0.590. The van der Waals surface area contributed by atoms with Gasteiger partial charge in [-0.1, -0.05) is 25.5 Å². The summed E-state index contributed by atoms with van der Waals surface area (Å²) in [6.07, 6.45) is 7.08. The molecule has 0 aliphatic carbocycles. The maximum atomic E-state index is 10.7. The monoisotopic (exact) mass is 248 g/mol. The largest absolute Gasteiger partial charge is 0.490 e. The van der Waals surface area contributed by atoms with Gasteiger partial charge in [0.25, 0.3) is 0 Å². The minimum Gasteiger partial charge on any atom is -0.490 e. The Bertz CT molecular complexity index is 397. The van der Waals surface area contributed by atoms with Crippen molar-refractivity contribution in [2.24, 2.45) is 0 Å². The minimum atomic E-state index is 0.514. The van der Waals surface area contributed by atoms with E-state index in [1.807, 2.05) is 13.0 Å². The maximum absolute atomic E-state index is 10.7. The quantitative estimate of drug-likeness (QED) is 0.520. The van der Waals surface area contributed by atoms with Crippen LogP contribution in [0.15, 0.2) is 30.4 Å². The molecule has 3 heteroatoms. The van der Waals surface area contributed by atoms with Gasteiger partial charge in [0.05, 0.1) is 6.61 Å². The van der Waals surface area contributed by atoms with Crippen molar-refractivity contribution >= 4 is 6.29 Å². The van der Waals surface area contributed by atoms with Crippen LogP contribution in [0, 0.1) is 0 Å². The van der Waals surface area contributed by atoms with Crippen LogP contribution >= 0.6 is 0 Å². The average molecular weight is 248 g/mol. The highest BCUT2D eigenvalue weighted by Crippen LogP contribution is 2.27. The molecule has 0 bridgehead atoms. The Morgan fingerprint density at radius 3 is 2.61 bits per heavy atom. The van der Waals surface area contributed by atoms with Crippen molar-refractivity contribution in [1.82, 2.24) is 0 Å². The number of carbonyl (C=O) groups is 1. The van der Waals surface area contributed by atoms with Crippen LogP contribution in [0.2, 0.25) is 0 Å². The molecule has 0 heterocycles. The number of allylic oxidation sites excluding steroid dienone is 1. The van der Waals surface area contributed by atoms with Crippen LogP contribution in [0.1, 0.15) is 37.0 Å². The van der Waals surface area contributed by atoms with Gasteiger partial charge in [-0.3, -0.25) is 4.79 Å². The Morgan fingerprint density at radius 2 is 1.94 bits per heavy atom. The Hall–Kier alpha value is -1.77. The average Bonchev–Trinajstić information content (AvgIpc) is 2.40. The van der Waals surface area contributed by atoms with E-state index in [0.29, 0.717) is 30.3 Å². The zero-order valence-corrected chi connectivity index (χ0v) is 11.0. The van der Waals surface area contributed by atoms with Crippen molar-refractivity contribution in [3.63, 3.8) is 0 Å². The second-order valence-electron chi connectivity index (χ2n) is 3.83. The molecule has 0 aliphatic heterocycles. The third-order valence-electron chi connectivity index (χ3n) is 2.36. The molecule has 1 aromatic rings. The molecule has 0 spiro atoms. The summed E-state index contributed by atoms with van der Waals surface area (Å²) in [4.78, 5) is 10.7. The summed E-state index contributed by atoms with van der Waals surface area (Å²) in [7, 11) is 0. The van der Waals surface area contributed by atoms with Crippen molar-refractivity contribution in [2.75, 3.05) is 13.2 Å². The molecule has 0 amide bonds. The van der Waals surface area contributed by atoms with E-state index in [1.54, 1.807) is 18.2 Å². The van der Waals surface area contributed by atoms with Gasteiger partial charge in [-0.15, -0.1) is 0 Å². The molecule has 3 nitrogen and oxygen atoms in total. The maximum Gasteiger partial charge on any atom is 0.161 e. The molecule has 0 aliphatic rings. The van der Waals surface area contributed by atoms with Crippen LogP contribution in [0.25, 0.3) is 0 Å². The van der Waals surface area contributed by atoms with Crippen molar-refractivity contribution < 1.29 is 14.3 Å². The van der Waals surface area contributed by atoms with E-state index in [0.717, 1.165) is 19.1 Å². The number of ether oxygens (including phenoxy) is 2. The minimum absolute atomic E-state index is 0.514. The van der Waals surface area contributed by atoms with Crippen LogP contribution in [-0.4, -0.2) is 19.5 Å². The van der Waals surface area contributed by atoms with Crippen molar-refractivity contribution in [2.45, 2.75) is 26.7 Å². The van der Waals surface area contributed by atoms with Crippen LogP contribution < -0.4 is 9.47 Å². The molecule has 0 N–H and O–H groups in total. The van der Waals surface area contributed by atoms with E-state index < -0.39 is 0 Å². The fourth-order valence-electron chi connectivity index (χ4n) is 1.48. The van der Waals surface area contributed by atoms with E-state index in [9.17, 15) is 4.79 Å². The van der Waals surface area contributed by atoms with E-state index in [1.165, 1.54) is 0 Å². The predicted octanol–water partition coefficient (Wildman–Crippen LogP) is 3.63. The van der Waals surface area contributed by atoms with Crippen LogP contribution in [0.3, 0.4) is 0 Å². The molecule has 0 saturated carbocycles. The summed E-state index contributed by atoms with van der Waals surface area (Å²) in [6, 6.07) is 5.19. The molecule has 98 valence electrons. The Labute approximate surface area is 108 Å². The first-order chi connectivity index (χ1) is 8.81. The van der Waals surface area contributed by atoms with Crippen LogP contribution in [0.5, 0.6) is 11.5 Å². The lowest BCUT2D eigenvalue weighted by Crippen LogP contribution is -1.99. The van der Waals surface area contributed by atoms with E-state index in [-0.39, 0.29) is 0 Å². The van der Waals surface area contributed by atoms with Crippen molar-refractivity contribution in [3.8, 4) is 11.5 Å². The fraction of sp³-hybridized carbons (Fsp3) is 0.400. The number of rotatable bonds is 8. The second-order valence-corrected chi connectivity index (χ2v) is 3.83.